The van der Waals surface area contributed by atoms with Crippen LogP contribution in [0.15, 0.2) is 25.3 Å². The Labute approximate surface area is 115 Å². The van der Waals surface area contributed by atoms with E-state index in [0.717, 1.165) is 31.4 Å². The molecule has 2 atom stereocenters. The molecule has 2 unspecified atom stereocenters. The molecule has 0 aromatic rings. The van der Waals surface area contributed by atoms with Gasteiger partial charge in [0.2, 0.25) is 0 Å². The van der Waals surface area contributed by atoms with Crippen LogP contribution in [0.3, 0.4) is 0 Å². The molecule has 0 heterocycles. The van der Waals surface area contributed by atoms with Gasteiger partial charge in [-0.05, 0) is 12.8 Å². The number of carbonyl (C=O) groups is 2. The molecule has 0 amide bonds. The zero-order valence-corrected chi connectivity index (χ0v) is 11.9. The van der Waals surface area contributed by atoms with Crippen molar-refractivity contribution in [1.29, 1.82) is 0 Å². The molecule has 0 aliphatic carbocycles. The molecule has 108 valence electrons. The van der Waals surface area contributed by atoms with Crippen molar-refractivity contribution in [3.8, 4) is 0 Å². The summed E-state index contributed by atoms with van der Waals surface area (Å²) < 4.78 is 10.5. The van der Waals surface area contributed by atoms with Crippen LogP contribution in [-0.4, -0.2) is 24.1 Å². The first-order valence-corrected chi connectivity index (χ1v) is 6.73. The third-order valence-corrected chi connectivity index (χ3v) is 2.76. The fourth-order valence-corrected chi connectivity index (χ4v) is 1.67. The van der Waals surface area contributed by atoms with Crippen molar-refractivity contribution in [2.45, 2.75) is 58.2 Å². The number of rotatable bonds is 10. The summed E-state index contributed by atoms with van der Waals surface area (Å²) in [5.74, 6) is -0.887. The number of carbonyl (C=O) groups excluding carboxylic acids is 2. The molecule has 4 nitrogen and oxygen atoms in total. The average molecular weight is 268 g/mol. The minimum atomic E-state index is -0.448. The first kappa shape index (κ1) is 17.4. The van der Waals surface area contributed by atoms with Gasteiger partial charge in [0.25, 0.3) is 0 Å². The molecular weight excluding hydrogens is 244 g/mol. The fourth-order valence-electron chi connectivity index (χ4n) is 1.67. The molecular formula is C15H24O4. The standard InChI is InChI=1S/C15H24O4/c1-5-9-10-13(19-15(17)8-4)11-12(6-2)18-14(16)7-3/h7-8,12-13H,3-6,9-11H2,1-2H3. The van der Waals surface area contributed by atoms with Gasteiger partial charge in [-0.1, -0.05) is 39.8 Å². The maximum atomic E-state index is 11.3. The summed E-state index contributed by atoms with van der Waals surface area (Å²) in [4.78, 5) is 22.5. The monoisotopic (exact) mass is 268 g/mol. The number of ether oxygens (including phenoxy) is 2. The number of hydrogen-bond donors (Lipinski definition) is 0. The Morgan fingerprint density at radius 2 is 1.58 bits per heavy atom. The van der Waals surface area contributed by atoms with Crippen LogP contribution >= 0.6 is 0 Å². The predicted octanol–water partition coefficient (Wildman–Crippen LogP) is 3.17. The second kappa shape index (κ2) is 10.4. The highest BCUT2D eigenvalue weighted by molar-refractivity contribution is 5.81. The summed E-state index contributed by atoms with van der Waals surface area (Å²) >= 11 is 0. The minimum absolute atomic E-state index is 0.243. The van der Waals surface area contributed by atoms with Gasteiger partial charge in [-0.15, -0.1) is 0 Å². The van der Waals surface area contributed by atoms with E-state index in [1.54, 1.807) is 0 Å². The van der Waals surface area contributed by atoms with Crippen LogP contribution < -0.4 is 0 Å². The first-order valence-electron chi connectivity index (χ1n) is 6.73. The molecule has 0 aliphatic rings. The zero-order valence-electron chi connectivity index (χ0n) is 11.9. The highest BCUT2D eigenvalue weighted by atomic mass is 16.6. The number of hydrogen-bond acceptors (Lipinski definition) is 4. The van der Waals surface area contributed by atoms with Gasteiger partial charge in [0, 0.05) is 18.6 Å². The van der Waals surface area contributed by atoms with Crippen molar-refractivity contribution in [3.63, 3.8) is 0 Å². The van der Waals surface area contributed by atoms with Gasteiger partial charge in [0.15, 0.2) is 0 Å². The van der Waals surface area contributed by atoms with Crippen LogP contribution in [0.2, 0.25) is 0 Å². The molecule has 0 radical (unpaired) electrons. The molecule has 0 spiro atoms. The molecule has 0 N–H and O–H groups in total. The highest BCUT2D eigenvalue weighted by Crippen LogP contribution is 2.16. The largest absolute Gasteiger partial charge is 0.459 e. The summed E-state index contributed by atoms with van der Waals surface area (Å²) in [7, 11) is 0. The summed E-state index contributed by atoms with van der Waals surface area (Å²) in [6.07, 6.45) is 5.71. The van der Waals surface area contributed by atoms with Crippen LogP contribution in [0.4, 0.5) is 0 Å². The molecule has 0 bridgehead atoms. The SMILES string of the molecule is C=CC(=O)OC(CC)CC(CCCC)OC(=O)C=C. The fraction of sp³-hybridized carbons (Fsp3) is 0.600. The Morgan fingerprint density at radius 1 is 1.05 bits per heavy atom. The Hall–Kier alpha value is -1.58. The maximum Gasteiger partial charge on any atom is 0.330 e. The van der Waals surface area contributed by atoms with Crippen molar-refractivity contribution in [2.75, 3.05) is 0 Å². The predicted molar refractivity (Wildman–Crippen MR) is 74.6 cm³/mol. The van der Waals surface area contributed by atoms with Crippen molar-refractivity contribution in [3.05, 3.63) is 25.3 Å². The zero-order chi connectivity index (χ0) is 14.7. The maximum absolute atomic E-state index is 11.3. The Balaban J connectivity index is 4.46. The second-order valence-electron chi connectivity index (χ2n) is 4.31. The molecule has 0 fully saturated rings. The van der Waals surface area contributed by atoms with E-state index in [1.165, 1.54) is 0 Å². The van der Waals surface area contributed by atoms with Gasteiger partial charge < -0.3 is 9.47 Å². The van der Waals surface area contributed by atoms with Crippen LogP contribution in [-0.2, 0) is 19.1 Å². The Morgan fingerprint density at radius 3 is 2.00 bits per heavy atom. The van der Waals surface area contributed by atoms with Gasteiger partial charge in [-0.2, -0.15) is 0 Å². The smallest absolute Gasteiger partial charge is 0.330 e. The lowest BCUT2D eigenvalue weighted by molar-refractivity contribution is -0.149. The van der Waals surface area contributed by atoms with E-state index in [2.05, 4.69) is 20.1 Å². The van der Waals surface area contributed by atoms with Gasteiger partial charge in [0.1, 0.15) is 12.2 Å². The molecule has 0 saturated heterocycles. The quantitative estimate of drug-likeness (QED) is 0.451. The summed E-state index contributed by atoms with van der Waals surface area (Å²) in [6, 6.07) is 0. The van der Waals surface area contributed by atoms with Crippen molar-refractivity contribution in [1.82, 2.24) is 0 Å². The second-order valence-corrected chi connectivity index (χ2v) is 4.31. The Bertz CT molecular complexity index is 309. The van der Waals surface area contributed by atoms with E-state index in [9.17, 15) is 9.59 Å². The molecule has 0 rings (SSSR count). The molecule has 19 heavy (non-hydrogen) atoms. The van der Waals surface area contributed by atoms with Crippen molar-refractivity contribution < 1.29 is 19.1 Å². The van der Waals surface area contributed by atoms with Crippen molar-refractivity contribution >= 4 is 11.9 Å². The Kier molecular flexibility index (Phi) is 9.49. The lowest BCUT2D eigenvalue weighted by atomic mass is 10.0. The van der Waals surface area contributed by atoms with Gasteiger partial charge in [0.05, 0.1) is 0 Å². The third kappa shape index (κ3) is 8.19. The first-order chi connectivity index (χ1) is 9.07. The third-order valence-electron chi connectivity index (χ3n) is 2.76. The molecule has 0 saturated carbocycles. The van der Waals surface area contributed by atoms with Gasteiger partial charge in [-0.25, -0.2) is 9.59 Å². The topological polar surface area (TPSA) is 52.6 Å². The normalized spacial score (nSPS) is 13.2. The highest BCUT2D eigenvalue weighted by Gasteiger charge is 2.20. The molecule has 4 heteroatoms. The number of unbranched alkanes of at least 4 members (excludes halogenated alkanes) is 1. The number of esters is 2. The summed E-state index contributed by atoms with van der Waals surface area (Å²) in [6.45, 7) is 10.7. The van der Waals surface area contributed by atoms with Gasteiger partial charge in [-0.3, -0.25) is 0 Å². The van der Waals surface area contributed by atoms with E-state index in [-0.39, 0.29) is 12.2 Å². The van der Waals surface area contributed by atoms with Crippen LogP contribution in [0.25, 0.3) is 0 Å². The van der Waals surface area contributed by atoms with E-state index < -0.39 is 11.9 Å². The van der Waals surface area contributed by atoms with Gasteiger partial charge >= 0.3 is 11.9 Å². The van der Waals surface area contributed by atoms with E-state index in [0.29, 0.717) is 12.8 Å². The van der Waals surface area contributed by atoms with Crippen LogP contribution in [0.5, 0.6) is 0 Å². The summed E-state index contributed by atoms with van der Waals surface area (Å²) in [5.41, 5.74) is 0. The van der Waals surface area contributed by atoms with Crippen molar-refractivity contribution in [2.24, 2.45) is 0 Å². The van der Waals surface area contributed by atoms with E-state index >= 15 is 0 Å². The minimum Gasteiger partial charge on any atom is -0.459 e. The van der Waals surface area contributed by atoms with E-state index in [1.807, 2.05) is 6.92 Å². The summed E-state index contributed by atoms with van der Waals surface area (Å²) in [5, 5.41) is 0. The average Bonchev–Trinajstić information content (AvgIpc) is 2.43. The van der Waals surface area contributed by atoms with E-state index in [4.69, 9.17) is 9.47 Å². The van der Waals surface area contributed by atoms with Crippen LogP contribution in [0.1, 0.15) is 46.0 Å². The lowest BCUT2D eigenvalue weighted by Crippen LogP contribution is -2.26. The molecule has 0 aromatic heterocycles. The lowest BCUT2D eigenvalue weighted by Gasteiger charge is -2.22. The molecule has 0 aromatic carbocycles. The van der Waals surface area contributed by atoms with Crippen LogP contribution in [0, 0.1) is 0 Å². The molecule has 0 aliphatic heterocycles.